The van der Waals surface area contributed by atoms with Crippen molar-refractivity contribution in [2.75, 3.05) is 13.9 Å². The average molecular weight is 299 g/mol. The molecule has 0 saturated heterocycles. The standard InChI is InChI=1S/C10H10BrF3O2/c1-15-6-16-5-7-2-3-8(4-9(7)11)10(12,13)14/h2-4H,5-6H2,1H3. The van der Waals surface area contributed by atoms with Crippen molar-refractivity contribution < 1.29 is 22.6 Å². The number of rotatable bonds is 4. The highest BCUT2D eigenvalue weighted by atomic mass is 79.9. The van der Waals surface area contributed by atoms with E-state index < -0.39 is 11.7 Å². The highest BCUT2D eigenvalue weighted by molar-refractivity contribution is 9.10. The lowest BCUT2D eigenvalue weighted by molar-refractivity contribution is -0.137. The summed E-state index contributed by atoms with van der Waals surface area (Å²) in [7, 11) is 1.47. The summed E-state index contributed by atoms with van der Waals surface area (Å²) >= 11 is 3.07. The fraction of sp³-hybridized carbons (Fsp3) is 0.400. The SMILES string of the molecule is COCOCc1ccc(C(F)(F)F)cc1Br. The van der Waals surface area contributed by atoms with Gasteiger partial charge in [0.05, 0.1) is 12.2 Å². The molecule has 90 valence electrons. The van der Waals surface area contributed by atoms with Crippen LogP contribution in [0.1, 0.15) is 11.1 Å². The molecule has 0 spiro atoms. The molecule has 0 unspecified atom stereocenters. The van der Waals surface area contributed by atoms with E-state index in [1.165, 1.54) is 13.2 Å². The molecule has 0 radical (unpaired) electrons. The minimum atomic E-state index is -4.32. The molecule has 1 aromatic carbocycles. The molecule has 0 amide bonds. The Morgan fingerprint density at radius 3 is 2.50 bits per heavy atom. The van der Waals surface area contributed by atoms with E-state index in [1.807, 2.05) is 0 Å². The minimum absolute atomic E-state index is 0.105. The lowest BCUT2D eigenvalue weighted by atomic mass is 10.1. The van der Waals surface area contributed by atoms with Crippen LogP contribution in [0.5, 0.6) is 0 Å². The molecular weight excluding hydrogens is 289 g/mol. The van der Waals surface area contributed by atoms with Crippen molar-refractivity contribution >= 4 is 15.9 Å². The molecule has 0 fully saturated rings. The van der Waals surface area contributed by atoms with E-state index in [-0.39, 0.29) is 13.4 Å². The Kier molecular flexibility index (Phi) is 4.76. The van der Waals surface area contributed by atoms with Crippen molar-refractivity contribution in [3.8, 4) is 0 Å². The van der Waals surface area contributed by atoms with Crippen LogP contribution in [-0.4, -0.2) is 13.9 Å². The molecule has 0 aliphatic heterocycles. The molecule has 2 nitrogen and oxygen atoms in total. The van der Waals surface area contributed by atoms with Crippen LogP contribution in [0.3, 0.4) is 0 Å². The molecule has 0 atom stereocenters. The summed E-state index contributed by atoms with van der Waals surface area (Å²) in [6.07, 6.45) is -4.32. The second kappa shape index (κ2) is 5.65. The Hall–Kier alpha value is -0.590. The van der Waals surface area contributed by atoms with Gasteiger partial charge < -0.3 is 9.47 Å². The molecule has 1 aromatic rings. The largest absolute Gasteiger partial charge is 0.416 e. The number of hydrogen-bond donors (Lipinski definition) is 0. The van der Waals surface area contributed by atoms with Crippen molar-refractivity contribution in [2.45, 2.75) is 12.8 Å². The third kappa shape index (κ3) is 3.77. The van der Waals surface area contributed by atoms with Crippen LogP contribution in [0.2, 0.25) is 0 Å². The van der Waals surface area contributed by atoms with Crippen LogP contribution in [0.15, 0.2) is 22.7 Å². The molecule has 0 aliphatic carbocycles. The summed E-state index contributed by atoms with van der Waals surface area (Å²) in [6, 6.07) is 3.43. The smallest absolute Gasteiger partial charge is 0.359 e. The summed E-state index contributed by atoms with van der Waals surface area (Å²) in [4.78, 5) is 0. The lowest BCUT2D eigenvalue weighted by Gasteiger charge is -2.10. The molecule has 6 heteroatoms. The van der Waals surface area contributed by atoms with Crippen molar-refractivity contribution in [3.63, 3.8) is 0 Å². The molecule has 0 aromatic heterocycles. The number of benzene rings is 1. The maximum absolute atomic E-state index is 12.3. The third-order valence-electron chi connectivity index (χ3n) is 1.84. The van der Waals surface area contributed by atoms with Crippen LogP contribution >= 0.6 is 15.9 Å². The molecule has 0 saturated carbocycles. The molecule has 16 heavy (non-hydrogen) atoms. The van der Waals surface area contributed by atoms with Gasteiger partial charge in [-0.2, -0.15) is 13.2 Å². The van der Waals surface area contributed by atoms with Crippen LogP contribution < -0.4 is 0 Å². The number of halogens is 4. The Labute approximate surface area is 99.5 Å². The first kappa shape index (κ1) is 13.5. The van der Waals surface area contributed by atoms with Crippen LogP contribution in [0.25, 0.3) is 0 Å². The van der Waals surface area contributed by atoms with E-state index in [2.05, 4.69) is 20.7 Å². The van der Waals surface area contributed by atoms with E-state index >= 15 is 0 Å². The molecule has 1 rings (SSSR count). The zero-order valence-corrected chi connectivity index (χ0v) is 10.1. The quantitative estimate of drug-likeness (QED) is 0.625. The first-order chi connectivity index (χ1) is 7.45. The maximum Gasteiger partial charge on any atom is 0.416 e. The summed E-state index contributed by atoms with van der Waals surface area (Å²) in [5.74, 6) is 0. The van der Waals surface area contributed by atoms with E-state index in [9.17, 15) is 13.2 Å². The predicted molar refractivity (Wildman–Crippen MR) is 55.8 cm³/mol. The van der Waals surface area contributed by atoms with Crippen LogP contribution in [0, 0.1) is 0 Å². The van der Waals surface area contributed by atoms with Gasteiger partial charge in [0.2, 0.25) is 0 Å². The summed E-state index contributed by atoms with van der Waals surface area (Å²) < 4.78 is 47.1. The lowest BCUT2D eigenvalue weighted by Crippen LogP contribution is -2.05. The normalized spacial score (nSPS) is 11.8. The van der Waals surface area contributed by atoms with E-state index in [0.717, 1.165) is 12.1 Å². The van der Waals surface area contributed by atoms with E-state index in [4.69, 9.17) is 4.74 Å². The van der Waals surface area contributed by atoms with Crippen molar-refractivity contribution in [2.24, 2.45) is 0 Å². The number of alkyl halides is 3. The topological polar surface area (TPSA) is 18.5 Å². The highest BCUT2D eigenvalue weighted by Crippen LogP contribution is 2.32. The monoisotopic (exact) mass is 298 g/mol. The van der Waals surface area contributed by atoms with Gasteiger partial charge in [0.15, 0.2) is 0 Å². The van der Waals surface area contributed by atoms with Crippen molar-refractivity contribution in [1.82, 2.24) is 0 Å². The number of ether oxygens (including phenoxy) is 2. The van der Waals surface area contributed by atoms with Gasteiger partial charge >= 0.3 is 6.18 Å². The number of hydrogen-bond acceptors (Lipinski definition) is 2. The molecule has 0 heterocycles. The van der Waals surface area contributed by atoms with Crippen molar-refractivity contribution in [1.29, 1.82) is 0 Å². The van der Waals surface area contributed by atoms with Gasteiger partial charge in [-0.15, -0.1) is 0 Å². The maximum atomic E-state index is 12.3. The van der Waals surface area contributed by atoms with Crippen LogP contribution in [-0.2, 0) is 22.3 Å². The van der Waals surface area contributed by atoms with Gasteiger partial charge in [0.25, 0.3) is 0 Å². The van der Waals surface area contributed by atoms with Crippen molar-refractivity contribution in [3.05, 3.63) is 33.8 Å². The van der Waals surface area contributed by atoms with Gasteiger partial charge in [-0.3, -0.25) is 0 Å². The van der Waals surface area contributed by atoms with Crippen LogP contribution in [0.4, 0.5) is 13.2 Å². The molecular formula is C10H10BrF3O2. The zero-order chi connectivity index (χ0) is 12.2. The second-order valence-corrected chi connectivity index (χ2v) is 3.91. The average Bonchev–Trinajstić information content (AvgIpc) is 2.19. The molecule has 0 bridgehead atoms. The van der Waals surface area contributed by atoms with Gasteiger partial charge in [-0.1, -0.05) is 22.0 Å². The molecule has 0 aliphatic rings. The van der Waals surface area contributed by atoms with E-state index in [1.54, 1.807) is 0 Å². The van der Waals surface area contributed by atoms with E-state index in [0.29, 0.717) is 10.0 Å². The summed E-state index contributed by atoms with van der Waals surface area (Å²) in [5, 5.41) is 0. The fourth-order valence-electron chi connectivity index (χ4n) is 1.08. The first-order valence-corrected chi connectivity index (χ1v) is 5.16. The summed E-state index contributed by atoms with van der Waals surface area (Å²) in [5.41, 5.74) is -0.0417. The Morgan fingerprint density at radius 2 is 2.00 bits per heavy atom. The minimum Gasteiger partial charge on any atom is -0.359 e. The first-order valence-electron chi connectivity index (χ1n) is 4.37. The predicted octanol–water partition coefficient (Wildman–Crippen LogP) is 3.59. The zero-order valence-electron chi connectivity index (χ0n) is 8.47. The van der Waals surface area contributed by atoms with Gasteiger partial charge in [0, 0.05) is 11.6 Å². The highest BCUT2D eigenvalue weighted by Gasteiger charge is 2.30. The van der Waals surface area contributed by atoms with Gasteiger partial charge in [-0.25, -0.2) is 0 Å². The Bertz CT molecular complexity index is 352. The Balaban J connectivity index is 2.76. The number of methoxy groups -OCH3 is 1. The summed E-state index contributed by atoms with van der Waals surface area (Å²) in [6.45, 7) is 0.306. The fourth-order valence-corrected chi connectivity index (χ4v) is 1.57. The van der Waals surface area contributed by atoms with Gasteiger partial charge in [-0.05, 0) is 17.7 Å². The molecule has 0 N–H and O–H groups in total. The third-order valence-corrected chi connectivity index (χ3v) is 2.58. The Morgan fingerprint density at radius 1 is 1.31 bits per heavy atom. The second-order valence-electron chi connectivity index (χ2n) is 3.06. The van der Waals surface area contributed by atoms with Gasteiger partial charge in [0.1, 0.15) is 6.79 Å².